The Morgan fingerprint density at radius 3 is 2.64 bits per heavy atom. The molecule has 1 saturated carbocycles. The smallest absolute Gasteiger partial charge is 0.262 e. The third-order valence-electron chi connectivity index (χ3n) is 8.76. The predicted octanol–water partition coefficient (Wildman–Crippen LogP) is 1.44. The molecule has 1 aliphatic carbocycles. The van der Waals surface area contributed by atoms with Gasteiger partial charge in [0.2, 0.25) is 11.8 Å². The summed E-state index contributed by atoms with van der Waals surface area (Å²) in [5, 5.41) is 6.09. The molecule has 33 heavy (non-hydrogen) atoms. The number of benzene rings is 1. The second-order valence-corrected chi connectivity index (χ2v) is 10.4. The quantitative estimate of drug-likeness (QED) is 0.674. The zero-order chi connectivity index (χ0) is 22.7. The number of imide groups is 2. The molecule has 5 aliphatic rings. The zero-order valence-electron chi connectivity index (χ0n) is 18.8. The number of carbonyl (C=O) groups is 4. The van der Waals surface area contributed by atoms with Crippen molar-refractivity contribution >= 4 is 23.6 Å². The van der Waals surface area contributed by atoms with E-state index in [2.05, 4.69) is 15.5 Å². The van der Waals surface area contributed by atoms with E-state index in [0.717, 1.165) is 42.4 Å². The Morgan fingerprint density at radius 2 is 1.88 bits per heavy atom. The number of hydrogen-bond donors (Lipinski definition) is 2. The lowest BCUT2D eigenvalue weighted by atomic mass is 9.59. The maximum absolute atomic E-state index is 13.4. The van der Waals surface area contributed by atoms with Crippen molar-refractivity contribution in [2.24, 2.45) is 11.8 Å². The monoisotopic (exact) mass is 450 g/mol. The van der Waals surface area contributed by atoms with Crippen LogP contribution in [0.3, 0.4) is 0 Å². The molecule has 0 spiro atoms. The van der Waals surface area contributed by atoms with Gasteiger partial charge in [0.1, 0.15) is 6.04 Å². The van der Waals surface area contributed by atoms with Gasteiger partial charge in [-0.2, -0.15) is 0 Å². The molecule has 3 saturated heterocycles. The van der Waals surface area contributed by atoms with Gasteiger partial charge in [0.05, 0.1) is 11.1 Å². The Bertz CT molecular complexity index is 1050. The van der Waals surface area contributed by atoms with E-state index < -0.39 is 23.8 Å². The van der Waals surface area contributed by atoms with Crippen LogP contribution in [0, 0.1) is 11.8 Å². The van der Waals surface area contributed by atoms with Crippen LogP contribution in [0.4, 0.5) is 0 Å². The summed E-state index contributed by atoms with van der Waals surface area (Å²) >= 11 is 0. The molecule has 4 aliphatic heterocycles. The van der Waals surface area contributed by atoms with Crippen molar-refractivity contribution in [1.29, 1.82) is 0 Å². The Labute approximate surface area is 193 Å². The summed E-state index contributed by atoms with van der Waals surface area (Å²) in [5.41, 5.74) is 1.95. The summed E-state index contributed by atoms with van der Waals surface area (Å²) in [4.78, 5) is 53.9. The third-order valence-corrected chi connectivity index (χ3v) is 8.76. The molecule has 0 radical (unpaired) electrons. The van der Waals surface area contributed by atoms with Crippen LogP contribution in [0.1, 0.15) is 71.2 Å². The van der Waals surface area contributed by atoms with Gasteiger partial charge in [-0.25, -0.2) is 0 Å². The maximum atomic E-state index is 13.4. The van der Waals surface area contributed by atoms with Crippen molar-refractivity contribution in [2.75, 3.05) is 19.6 Å². The van der Waals surface area contributed by atoms with Crippen molar-refractivity contribution in [3.8, 4) is 0 Å². The average molecular weight is 451 g/mol. The van der Waals surface area contributed by atoms with E-state index in [-0.39, 0.29) is 18.7 Å². The number of hydrogen-bond acceptors (Lipinski definition) is 6. The largest absolute Gasteiger partial charge is 0.311 e. The van der Waals surface area contributed by atoms with Crippen molar-refractivity contribution in [1.82, 2.24) is 20.4 Å². The van der Waals surface area contributed by atoms with Gasteiger partial charge in [-0.15, -0.1) is 0 Å². The summed E-state index contributed by atoms with van der Waals surface area (Å²) < 4.78 is 0. The Hall–Kier alpha value is -2.58. The minimum atomic E-state index is -0.926. The molecule has 0 aromatic heterocycles. The highest BCUT2D eigenvalue weighted by Crippen LogP contribution is 2.51. The number of nitrogens with zero attached hydrogens (tertiary/aromatic N) is 2. The molecule has 4 atom stereocenters. The summed E-state index contributed by atoms with van der Waals surface area (Å²) in [5.74, 6) is -0.345. The van der Waals surface area contributed by atoms with E-state index in [4.69, 9.17) is 0 Å². The van der Waals surface area contributed by atoms with Gasteiger partial charge in [-0.1, -0.05) is 12.1 Å². The summed E-state index contributed by atoms with van der Waals surface area (Å²) in [6.07, 6.45) is 6.58. The lowest BCUT2D eigenvalue weighted by Crippen LogP contribution is -2.61. The molecule has 2 N–H and O–H groups in total. The van der Waals surface area contributed by atoms with Crippen LogP contribution in [0.15, 0.2) is 18.2 Å². The van der Waals surface area contributed by atoms with Crippen LogP contribution in [-0.2, 0) is 16.1 Å². The number of likely N-dealkylation sites (tertiary alicyclic amines) is 1. The number of rotatable bonds is 4. The molecule has 8 heteroatoms. The molecule has 1 aromatic rings. The van der Waals surface area contributed by atoms with Crippen molar-refractivity contribution in [2.45, 2.75) is 63.1 Å². The molecule has 6 rings (SSSR count). The summed E-state index contributed by atoms with van der Waals surface area (Å²) in [7, 11) is 0. The lowest BCUT2D eigenvalue weighted by molar-refractivity contribution is -0.136. The molecule has 0 bridgehead atoms. The SMILES string of the molecule is O=C1CCC(N2C(=O)c3cccc(CN4CCCC(C56CCC5CCN6)C4)c3C2=O)C(=O)N1. The summed E-state index contributed by atoms with van der Waals surface area (Å²) in [6.45, 7) is 3.74. The fraction of sp³-hybridized carbons (Fsp3) is 0.600. The van der Waals surface area contributed by atoms with Crippen LogP contribution < -0.4 is 10.6 Å². The number of nitrogens with one attached hydrogen (secondary N) is 2. The molecule has 4 fully saturated rings. The molecule has 174 valence electrons. The predicted molar refractivity (Wildman–Crippen MR) is 119 cm³/mol. The Balaban J connectivity index is 1.22. The van der Waals surface area contributed by atoms with Gasteiger partial charge < -0.3 is 5.32 Å². The highest BCUT2D eigenvalue weighted by Gasteiger charge is 2.54. The van der Waals surface area contributed by atoms with Gasteiger partial charge in [0.25, 0.3) is 11.8 Å². The van der Waals surface area contributed by atoms with Gasteiger partial charge in [0, 0.05) is 25.0 Å². The highest BCUT2D eigenvalue weighted by molar-refractivity contribution is 6.24. The minimum absolute atomic E-state index is 0.128. The van der Waals surface area contributed by atoms with Crippen molar-refractivity contribution in [3.63, 3.8) is 0 Å². The first-order valence-electron chi connectivity index (χ1n) is 12.3. The second kappa shape index (κ2) is 7.74. The highest BCUT2D eigenvalue weighted by atomic mass is 16.2. The van der Waals surface area contributed by atoms with Gasteiger partial charge >= 0.3 is 0 Å². The van der Waals surface area contributed by atoms with Gasteiger partial charge in [-0.3, -0.25) is 34.3 Å². The van der Waals surface area contributed by atoms with E-state index in [1.165, 1.54) is 25.7 Å². The number of fused-ring (bicyclic) bond motifs is 2. The van der Waals surface area contributed by atoms with Crippen LogP contribution >= 0.6 is 0 Å². The molecule has 4 heterocycles. The molecule has 8 nitrogen and oxygen atoms in total. The van der Waals surface area contributed by atoms with E-state index in [1.807, 2.05) is 12.1 Å². The first kappa shape index (κ1) is 21.0. The number of amides is 4. The van der Waals surface area contributed by atoms with E-state index in [1.54, 1.807) is 6.07 Å². The maximum Gasteiger partial charge on any atom is 0.262 e. The molecule has 1 aromatic carbocycles. The van der Waals surface area contributed by atoms with Crippen LogP contribution in [-0.4, -0.2) is 64.6 Å². The van der Waals surface area contributed by atoms with Crippen LogP contribution in [0.2, 0.25) is 0 Å². The Kier molecular flexibility index (Phi) is 4.92. The fourth-order valence-corrected chi connectivity index (χ4v) is 7.03. The standard InChI is InChI=1S/C25H30N4O4/c30-20-7-6-19(22(31)27-20)29-23(32)18-5-1-3-15(21(18)24(29)33)13-28-12-2-4-17(14-28)25-10-8-16(25)9-11-26-25/h1,3,5,16-17,19,26H,2,4,6-14H2,(H,27,30,31). The van der Waals surface area contributed by atoms with E-state index >= 15 is 0 Å². The first-order chi connectivity index (χ1) is 16.0. The lowest BCUT2D eigenvalue weighted by Gasteiger charge is -2.53. The topological polar surface area (TPSA) is 98.8 Å². The normalized spacial score (nSPS) is 34.2. The minimum Gasteiger partial charge on any atom is -0.311 e. The summed E-state index contributed by atoms with van der Waals surface area (Å²) in [6, 6.07) is 4.50. The van der Waals surface area contributed by atoms with Gasteiger partial charge in [0.15, 0.2) is 0 Å². The van der Waals surface area contributed by atoms with Crippen LogP contribution in [0.5, 0.6) is 0 Å². The second-order valence-electron chi connectivity index (χ2n) is 10.4. The molecule has 4 unspecified atom stereocenters. The van der Waals surface area contributed by atoms with Crippen molar-refractivity contribution in [3.05, 3.63) is 34.9 Å². The molecular weight excluding hydrogens is 420 g/mol. The average Bonchev–Trinajstić information content (AvgIpc) is 3.22. The molecule has 4 amide bonds. The first-order valence-corrected chi connectivity index (χ1v) is 12.3. The zero-order valence-corrected chi connectivity index (χ0v) is 18.8. The van der Waals surface area contributed by atoms with E-state index in [9.17, 15) is 19.2 Å². The van der Waals surface area contributed by atoms with E-state index in [0.29, 0.717) is 29.1 Å². The number of carbonyl (C=O) groups excluding carboxylic acids is 4. The molecular formula is C25H30N4O4. The third kappa shape index (κ3) is 3.18. The van der Waals surface area contributed by atoms with Gasteiger partial charge in [-0.05, 0) is 75.1 Å². The van der Waals surface area contributed by atoms with Crippen molar-refractivity contribution < 1.29 is 19.2 Å². The number of piperidine rings is 2. The fourth-order valence-electron chi connectivity index (χ4n) is 7.03. The Morgan fingerprint density at radius 1 is 1.00 bits per heavy atom. The van der Waals surface area contributed by atoms with Crippen LogP contribution in [0.25, 0.3) is 0 Å².